The van der Waals surface area contributed by atoms with Gasteiger partial charge in [-0.2, -0.15) is 0 Å². The number of hydrogen-bond donors (Lipinski definition) is 2. The SMILES string of the molecule is O=C(/C=C/c1ccccc1)Nc1ccc(N2CCc3ccccc3C2)c(C(=O)NCC2CCCO2)c1. The Bertz CT molecular complexity index is 1250. The van der Waals surface area contributed by atoms with Gasteiger partial charge in [-0.3, -0.25) is 9.59 Å². The highest BCUT2D eigenvalue weighted by Gasteiger charge is 2.23. The Morgan fingerprint density at radius 1 is 1.00 bits per heavy atom. The molecular weight excluding hydrogens is 450 g/mol. The van der Waals surface area contributed by atoms with Gasteiger partial charge in [-0.05, 0) is 60.2 Å². The van der Waals surface area contributed by atoms with E-state index in [2.05, 4.69) is 39.8 Å². The van der Waals surface area contributed by atoms with E-state index in [1.165, 1.54) is 17.2 Å². The lowest BCUT2D eigenvalue weighted by Gasteiger charge is -2.32. The topological polar surface area (TPSA) is 70.7 Å². The third kappa shape index (κ3) is 5.83. The van der Waals surface area contributed by atoms with Crippen molar-refractivity contribution in [3.63, 3.8) is 0 Å². The van der Waals surface area contributed by atoms with Gasteiger partial charge in [-0.25, -0.2) is 0 Å². The zero-order chi connectivity index (χ0) is 24.7. The molecule has 0 spiro atoms. The van der Waals surface area contributed by atoms with E-state index in [0.717, 1.165) is 50.2 Å². The summed E-state index contributed by atoms with van der Waals surface area (Å²) in [6, 6.07) is 23.7. The molecule has 5 rings (SSSR count). The summed E-state index contributed by atoms with van der Waals surface area (Å²) in [5, 5.41) is 5.95. The third-order valence-corrected chi connectivity index (χ3v) is 6.72. The van der Waals surface area contributed by atoms with Crippen molar-refractivity contribution in [1.29, 1.82) is 0 Å². The molecule has 0 aromatic heterocycles. The number of nitrogens with zero attached hydrogens (tertiary/aromatic N) is 1. The fourth-order valence-corrected chi connectivity index (χ4v) is 4.80. The van der Waals surface area contributed by atoms with Gasteiger partial charge in [0.15, 0.2) is 0 Å². The van der Waals surface area contributed by atoms with Crippen molar-refractivity contribution in [3.8, 4) is 0 Å². The lowest BCUT2D eigenvalue weighted by Crippen LogP contribution is -2.35. The summed E-state index contributed by atoms with van der Waals surface area (Å²) in [6.07, 6.45) is 6.24. The molecule has 184 valence electrons. The maximum atomic E-state index is 13.3. The summed E-state index contributed by atoms with van der Waals surface area (Å²) in [7, 11) is 0. The van der Waals surface area contributed by atoms with E-state index in [1.54, 1.807) is 12.1 Å². The first-order valence-electron chi connectivity index (χ1n) is 12.6. The summed E-state index contributed by atoms with van der Waals surface area (Å²) >= 11 is 0. The molecule has 0 bridgehead atoms. The molecule has 2 aliphatic heterocycles. The van der Waals surface area contributed by atoms with Crippen molar-refractivity contribution in [2.75, 3.05) is 29.9 Å². The van der Waals surface area contributed by atoms with Gasteiger partial charge in [0.2, 0.25) is 5.91 Å². The lowest BCUT2D eigenvalue weighted by atomic mass is 9.98. The average Bonchev–Trinajstić information content (AvgIpc) is 3.45. The van der Waals surface area contributed by atoms with Crippen LogP contribution in [0.3, 0.4) is 0 Å². The van der Waals surface area contributed by atoms with E-state index in [1.807, 2.05) is 42.5 Å². The Labute approximate surface area is 212 Å². The number of ether oxygens (including phenoxy) is 1. The number of rotatable bonds is 7. The first-order chi connectivity index (χ1) is 17.7. The monoisotopic (exact) mass is 481 g/mol. The summed E-state index contributed by atoms with van der Waals surface area (Å²) in [4.78, 5) is 28.1. The minimum Gasteiger partial charge on any atom is -0.376 e. The van der Waals surface area contributed by atoms with Crippen molar-refractivity contribution >= 4 is 29.3 Å². The minimum absolute atomic E-state index is 0.0604. The van der Waals surface area contributed by atoms with Crippen LogP contribution in [0.15, 0.2) is 78.9 Å². The van der Waals surface area contributed by atoms with Crippen LogP contribution in [0.25, 0.3) is 6.08 Å². The molecule has 1 saturated heterocycles. The molecule has 36 heavy (non-hydrogen) atoms. The van der Waals surface area contributed by atoms with Gasteiger partial charge in [-0.1, -0.05) is 54.6 Å². The number of hydrogen-bond acceptors (Lipinski definition) is 4. The molecule has 0 aliphatic carbocycles. The molecule has 2 aliphatic rings. The van der Waals surface area contributed by atoms with Crippen LogP contribution in [-0.2, 0) is 22.5 Å². The summed E-state index contributed by atoms with van der Waals surface area (Å²) in [6.45, 7) is 2.80. The van der Waals surface area contributed by atoms with Gasteiger partial charge in [0.25, 0.3) is 5.91 Å². The molecule has 3 aromatic carbocycles. The van der Waals surface area contributed by atoms with Crippen molar-refractivity contribution in [2.24, 2.45) is 0 Å². The highest BCUT2D eigenvalue weighted by molar-refractivity contribution is 6.05. The predicted octanol–water partition coefficient (Wildman–Crippen LogP) is 4.81. The number of carbonyl (C=O) groups excluding carboxylic acids is 2. The van der Waals surface area contributed by atoms with E-state index in [0.29, 0.717) is 17.8 Å². The minimum atomic E-state index is -0.246. The Balaban J connectivity index is 1.35. The van der Waals surface area contributed by atoms with Crippen molar-refractivity contribution < 1.29 is 14.3 Å². The molecule has 1 atom stereocenters. The van der Waals surface area contributed by atoms with Crippen LogP contribution in [0.5, 0.6) is 0 Å². The fourth-order valence-electron chi connectivity index (χ4n) is 4.80. The second kappa shape index (κ2) is 11.2. The maximum Gasteiger partial charge on any atom is 0.253 e. The molecule has 0 saturated carbocycles. The predicted molar refractivity (Wildman–Crippen MR) is 143 cm³/mol. The van der Waals surface area contributed by atoms with Gasteiger partial charge in [0.1, 0.15) is 0 Å². The Morgan fingerprint density at radius 2 is 1.81 bits per heavy atom. The summed E-state index contributed by atoms with van der Waals surface area (Å²) < 4.78 is 5.67. The normalized spacial score (nSPS) is 17.1. The van der Waals surface area contributed by atoms with E-state index in [4.69, 9.17) is 4.74 Å². The number of nitrogens with one attached hydrogen (secondary N) is 2. The standard InChI is InChI=1S/C30H31N3O3/c34-29(15-12-22-7-2-1-3-8-22)32-25-13-14-28(33-17-16-23-9-4-5-10-24(23)21-33)27(19-25)30(35)31-20-26-11-6-18-36-26/h1-5,7-10,12-15,19,26H,6,11,16-18,20-21H2,(H,31,35)(H,32,34)/b15-12+. The van der Waals surface area contributed by atoms with Crippen LogP contribution in [-0.4, -0.2) is 37.6 Å². The first-order valence-corrected chi connectivity index (χ1v) is 12.6. The van der Waals surface area contributed by atoms with E-state index < -0.39 is 0 Å². The van der Waals surface area contributed by atoms with Gasteiger partial charge >= 0.3 is 0 Å². The van der Waals surface area contributed by atoms with Crippen LogP contribution < -0.4 is 15.5 Å². The van der Waals surface area contributed by atoms with Gasteiger partial charge in [-0.15, -0.1) is 0 Å². The fraction of sp³-hybridized carbons (Fsp3) is 0.267. The van der Waals surface area contributed by atoms with Crippen LogP contribution >= 0.6 is 0 Å². The van der Waals surface area contributed by atoms with Crippen molar-refractivity contribution in [3.05, 3.63) is 101 Å². The number of carbonyl (C=O) groups is 2. The van der Waals surface area contributed by atoms with E-state index in [-0.39, 0.29) is 17.9 Å². The number of benzene rings is 3. The zero-order valence-corrected chi connectivity index (χ0v) is 20.3. The van der Waals surface area contributed by atoms with Crippen molar-refractivity contribution in [2.45, 2.75) is 31.9 Å². The Morgan fingerprint density at radius 3 is 2.61 bits per heavy atom. The van der Waals surface area contributed by atoms with Gasteiger partial charge in [0, 0.05) is 43.7 Å². The largest absolute Gasteiger partial charge is 0.376 e. The van der Waals surface area contributed by atoms with Crippen LogP contribution in [0.1, 0.15) is 39.9 Å². The van der Waals surface area contributed by atoms with Crippen LogP contribution in [0.4, 0.5) is 11.4 Å². The molecule has 0 radical (unpaired) electrons. The number of anilines is 2. The smallest absolute Gasteiger partial charge is 0.253 e. The highest BCUT2D eigenvalue weighted by atomic mass is 16.5. The molecule has 3 aromatic rings. The Kier molecular flexibility index (Phi) is 7.43. The molecule has 1 fully saturated rings. The molecule has 1 unspecified atom stereocenters. The number of fused-ring (bicyclic) bond motifs is 1. The van der Waals surface area contributed by atoms with Gasteiger partial charge < -0.3 is 20.3 Å². The zero-order valence-electron chi connectivity index (χ0n) is 20.3. The Hall–Kier alpha value is -3.90. The second-order valence-corrected chi connectivity index (χ2v) is 9.25. The summed E-state index contributed by atoms with van der Waals surface area (Å²) in [5.41, 5.74) is 5.58. The molecule has 2 amide bonds. The molecule has 6 nitrogen and oxygen atoms in total. The summed E-state index contributed by atoms with van der Waals surface area (Å²) in [5.74, 6) is -0.403. The first kappa shape index (κ1) is 23.8. The second-order valence-electron chi connectivity index (χ2n) is 9.25. The van der Waals surface area contributed by atoms with Crippen LogP contribution in [0.2, 0.25) is 0 Å². The molecule has 2 heterocycles. The van der Waals surface area contributed by atoms with Crippen molar-refractivity contribution in [1.82, 2.24) is 5.32 Å². The lowest BCUT2D eigenvalue weighted by molar-refractivity contribution is -0.111. The third-order valence-electron chi connectivity index (χ3n) is 6.72. The van der Waals surface area contributed by atoms with Crippen LogP contribution in [0, 0.1) is 0 Å². The highest BCUT2D eigenvalue weighted by Crippen LogP contribution is 2.30. The number of amides is 2. The molecular formula is C30H31N3O3. The maximum absolute atomic E-state index is 13.3. The molecule has 6 heteroatoms. The van der Waals surface area contributed by atoms with E-state index in [9.17, 15) is 9.59 Å². The quantitative estimate of drug-likeness (QED) is 0.475. The molecule has 2 N–H and O–H groups in total. The van der Waals surface area contributed by atoms with E-state index >= 15 is 0 Å². The van der Waals surface area contributed by atoms with Gasteiger partial charge in [0.05, 0.1) is 11.7 Å². The average molecular weight is 482 g/mol.